The number of carbonyl (C=O) groups excluding carboxylic acids is 2. The van der Waals surface area contributed by atoms with Crippen molar-refractivity contribution in [2.45, 2.75) is 61.9 Å². The minimum Gasteiger partial charge on any atom is -0.496 e. The number of benzene rings is 1. The summed E-state index contributed by atoms with van der Waals surface area (Å²) < 4.78 is 6.34. The molecule has 2 aromatic rings. The van der Waals surface area contributed by atoms with E-state index in [0.717, 1.165) is 54.3 Å². The third-order valence-corrected chi connectivity index (χ3v) is 12.2. The highest BCUT2D eigenvalue weighted by Crippen LogP contribution is 2.39. The van der Waals surface area contributed by atoms with Gasteiger partial charge in [0.2, 0.25) is 11.8 Å². The second-order valence-corrected chi connectivity index (χ2v) is 16.2. The van der Waals surface area contributed by atoms with Gasteiger partial charge in [-0.1, -0.05) is 72.4 Å². The van der Waals surface area contributed by atoms with Gasteiger partial charge in [-0.3, -0.25) is 19.5 Å². The molecule has 1 aromatic carbocycles. The number of carbonyl (C=O) groups is 2. The number of ether oxygens (including phenoxy) is 1. The van der Waals surface area contributed by atoms with E-state index in [2.05, 4.69) is 73.5 Å². The first-order valence-corrected chi connectivity index (χ1v) is 21.0. The molecule has 0 atom stereocenters. The summed E-state index contributed by atoms with van der Waals surface area (Å²) in [6, 6.07) is 5.29. The van der Waals surface area contributed by atoms with Gasteiger partial charge in [-0.25, -0.2) is 9.97 Å². The predicted octanol–water partition coefficient (Wildman–Crippen LogP) is 5.96. The fourth-order valence-corrected chi connectivity index (χ4v) is 7.78. The van der Waals surface area contributed by atoms with Crippen LogP contribution in [0.15, 0.2) is 85.4 Å². The van der Waals surface area contributed by atoms with E-state index in [9.17, 15) is 9.59 Å². The summed E-state index contributed by atoms with van der Waals surface area (Å²) in [7, 11) is 5.41. The number of nitrogens with two attached hydrogens (primary N) is 2. The van der Waals surface area contributed by atoms with E-state index in [1.165, 1.54) is 11.8 Å². The summed E-state index contributed by atoms with van der Waals surface area (Å²) in [5, 5.41) is 6.87. The number of aromatic nitrogens is 2. The van der Waals surface area contributed by atoms with Crippen LogP contribution in [-0.2, 0) is 14.3 Å². The molecule has 2 amide bonds. The number of hydrogen-bond donors (Lipinski definition) is 4. The van der Waals surface area contributed by atoms with Gasteiger partial charge >= 0.3 is 0 Å². The number of nitrogens with zero attached hydrogens (tertiary/aromatic N) is 6. The molecular formula is C40H57ClN10O3S2. The molecule has 0 saturated carbocycles. The first kappa shape index (κ1) is 44.8. The van der Waals surface area contributed by atoms with E-state index in [-0.39, 0.29) is 23.7 Å². The lowest BCUT2D eigenvalue weighted by Gasteiger charge is -2.37. The van der Waals surface area contributed by atoms with E-state index in [1.807, 2.05) is 25.6 Å². The SMILES string of the molecule is C/C=C(/SC=NC)C1=CCC(OCCN(CC)CCN(C)C(=O)CC(=O)Nc2cccc(Sc3ncc(N4CCC(C)(N)CC4)nc3N)c2Cl)=C(CNC)C=C1. The minimum atomic E-state index is -0.454. The number of anilines is 3. The summed E-state index contributed by atoms with van der Waals surface area (Å²) in [6.45, 7) is 11.5. The molecule has 13 nitrogen and oxygen atoms in total. The average Bonchev–Trinajstić information content (AvgIpc) is 3.37. The Labute approximate surface area is 345 Å². The molecule has 0 unspecified atom stereocenters. The van der Waals surface area contributed by atoms with Gasteiger partial charge in [0, 0.05) is 80.7 Å². The first-order valence-electron chi connectivity index (χ1n) is 18.9. The van der Waals surface area contributed by atoms with Gasteiger partial charge < -0.3 is 36.6 Å². The molecule has 1 fully saturated rings. The first-order chi connectivity index (χ1) is 26.9. The lowest BCUT2D eigenvalue weighted by Crippen LogP contribution is -2.48. The maximum Gasteiger partial charge on any atom is 0.233 e. The molecule has 16 heteroatoms. The fraction of sp³-hybridized carbons (Fsp3) is 0.475. The number of rotatable bonds is 19. The Morgan fingerprint density at radius 3 is 2.64 bits per heavy atom. The molecule has 4 rings (SSSR count). The number of likely N-dealkylation sites (N-methyl/N-ethyl adjacent to an activating group) is 3. The van der Waals surface area contributed by atoms with Crippen LogP contribution in [0.4, 0.5) is 17.3 Å². The lowest BCUT2D eigenvalue weighted by atomic mass is 9.91. The summed E-state index contributed by atoms with van der Waals surface area (Å²) in [6.07, 6.45) is 12.3. The molecule has 1 saturated heterocycles. The van der Waals surface area contributed by atoms with E-state index in [4.69, 9.17) is 27.8 Å². The standard InChI is InChI=1S/C40H57ClN10O3S2/c1-7-32(55-27-45-5)28-12-13-29(25-44-4)31(15-14-28)54-23-22-50(8-2)21-20-49(6)36(53)24-35(52)47-30-10-9-11-33(37(30)41)56-39-38(42)48-34(26-46-39)51-18-16-40(3,43)17-19-51/h7,9-14,26-27,44H,8,15-25,43H2,1-6H3,(H2,42,48)(H,47,52)/b32-7+,45-27?. The van der Waals surface area contributed by atoms with Crippen LogP contribution >= 0.6 is 35.1 Å². The van der Waals surface area contributed by atoms with Gasteiger partial charge in [0.15, 0.2) is 5.82 Å². The Morgan fingerprint density at radius 1 is 1.20 bits per heavy atom. The van der Waals surface area contributed by atoms with Crippen LogP contribution in [0, 0.1) is 0 Å². The smallest absolute Gasteiger partial charge is 0.233 e. The van der Waals surface area contributed by atoms with Crippen LogP contribution in [0.2, 0.25) is 5.02 Å². The highest BCUT2D eigenvalue weighted by molar-refractivity contribution is 8.15. The number of nitrogen functional groups attached to an aromatic ring is 1. The Bertz CT molecular complexity index is 1820. The molecule has 2 heterocycles. The summed E-state index contributed by atoms with van der Waals surface area (Å²) in [4.78, 5) is 47.1. The highest BCUT2D eigenvalue weighted by atomic mass is 35.5. The lowest BCUT2D eigenvalue weighted by molar-refractivity contribution is -0.133. The number of aliphatic imine (C=N–C) groups is 1. The Kier molecular flexibility index (Phi) is 17.8. The normalized spacial score (nSPS) is 16.0. The zero-order chi connectivity index (χ0) is 40.7. The largest absolute Gasteiger partial charge is 0.496 e. The quantitative estimate of drug-likeness (QED) is 0.0747. The molecule has 2 aliphatic rings. The number of amides is 2. The van der Waals surface area contributed by atoms with Crippen molar-refractivity contribution in [3.63, 3.8) is 0 Å². The molecule has 1 aliphatic heterocycles. The molecule has 0 spiro atoms. The van der Waals surface area contributed by atoms with Crippen LogP contribution in [0.5, 0.6) is 0 Å². The van der Waals surface area contributed by atoms with E-state index < -0.39 is 5.91 Å². The van der Waals surface area contributed by atoms with Crippen molar-refractivity contribution < 1.29 is 14.3 Å². The molecule has 6 N–H and O–H groups in total. The summed E-state index contributed by atoms with van der Waals surface area (Å²) >= 11 is 9.58. The van der Waals surface area contributed by atoms with Crippen LogP contribution in [0.25, 0.3) is 0 Å². The van der Waals surface area contributed by atoms with Crippen molar-refractivity contribution in [2.24, 2.45) is 10.7 Å². The highest BCUT2D eigenvalue weighted by Gasteiger charge is 2.27. The van der Waals surface area contributed by atoms with Crippen molar-refractivity contribution in [1.82, 2.24) is 25.1 Å². The third-order valence-electron chi connectivity index (χ3n) is 9.57. The predicted molar refractivity (Wildman–Crippen MR) is 234 cm³/mol. The number of hydrogen-bond acceptors (Lipinski definition) is 13. The number of piperidine rings is 1. The van der Waals surface area contributed by atoms with E-state index >= 15 is 0 Å². The zero-order valence-corrected chi connectivity index (χ0v) is 35.8. The molecule has 1 aliphatic carbocycles. The number of thioether (sulfide) groups is 1. The molecule has 56 heavy (non-hydrogen) atoms. The van der Waals surface area contributed by atoms with Gasteiger partial charge in [-0.15, -0.1) is 0 Å². The third kappa shape index (κ3) is 13.4. The Balaban J connectivity index is 1.25. The number of allylic oxidation sites excluding steroid dienone is 4. The second kappa shape index (κ2) is 22.2. The summed E-state index contributed by atoms with van der Waals surface area (Å²) in [5.41, 5.74) is 16.9. The van der Waals surface area contributed by atoms with Crippen molar-refractivity contribution >= 4 is 69.8 Å². The average molecular weight is 826 g/mol. The molecule has 0 bridgehead atoms. The van der Waals surface area contributed by atoms with Crippen LogP contribution in [0.1, 0.15) is 46.5 Å². The second-order valence-electron chi connectivity index (χ2n) is 13.9. The maximum absolute atomic E-state index is 13.1. The topological polar surface area (TPSA) is 167 Å². The van der Waals surface area contributed by atoms with E-state index in [1.54, 1.807) is 49.1 Å². The number of nitrogens with one attached hydrogen (secondary N) is 2. The summed E-state index contributed by atoms with van der Waals surface area (Å²) in [5.74, 6) is 1.20. The maximum atomic E-state index is 13.1. The fourth-order valence-electron chi connectivity index (χ4n) is 6.04. The van der Waals surface area contributed by atoms with Crippen LogP contribution in [0.3, 0.4) is 0 Å². The Hall–Kier alpha value is -3.86. The van der Waals surface area contributed by atoms with Crippen molar-refractivity contribution in [3.8, 4) is 0 Å². The van der Waals surface area contributed by atoms with Gasteiger partial charge in [-0.05, 0) is 58.0 Å². The van der Waals surface area contributed by atoms with Gasteiger partial charge in [0.25, 0.3) is 0 Å². The molecule has 304 valence electrons. The van der Waals surface area contributed by atoms with E-state index in [0.29, 0.717) is 65.7 Å². The number of halogens is 1. The minimum absolute atomic E-state index is 0.174. The Morgan fingerprint density at radius 2 is 1.96 bits per heavy atom. The molecule has 1 aromatic heterocycles. The van der Waals surface area contributed by atoms with Gasteiger partial charge in [0.1, 0.15) is 29.6 Å². The van der Waals surface area contributed by atoms with Gasteiger partial charge in [-0.2, -0.15) is 0 Å². The van der Waals surface area contributed by atoms with Crippen LogP contribution in [-0.4, -0.2) is 116 Å². The molecular weight excluding hydrogens is 768 g/mol. The van der Waals surface area contributed by atoms with Crippen molar-refractivity contribution in [1.29, 1.82) is 0 Å². The monoisotopic (exact) mass is 824 g/mol. The van der Waals surface area contributed by atoms with Crippen molar-refractivity contribution in [3.05, 3.63) is 75.5 Å². The van der Waals surface area contributed by atoms with Crippen LogP contribution < -0.4 is 27.0 Å². The van der Waals surface area contributed by atoms with Gasteiger partial charge in [0.05, 0.1) is 22.5 Å². The molecule has 0 radical (unpaired) electrons. The zero-order valence-electron chi connectivity index (χ0n) is 33.4. The van der Waals surface area contributed by atoms with Crippen molar-refractivity contribution in [2.75, 3.05) is 89.5 Å².